The fraction of sp³-hybridized carbons (Fsp3) is 0.0796. The van der Waals surface area contributed by atoms with Gasteiger partial charge in [-0.3, -0.25) is 0 Å². The topological polar surface area (TPSA) is 14.8 Å². The third kappa shape index (κ3) is 8.45. The normalized spacial score (nSPS) is 18.7. The maximum Gasteiger partial charge on any atom is 0.0726 e. The van der Waals surface area contributed by atoms with Gasteiger partial charge < -0.3 is 13.7 Å². The Morgan fingerprint density at radius 2 is 0.750 bits per heavy atom. The first kappa shape index (κ1) is 64.4. The molecule has 5 unspecified atom stereocenters. The highest BCUT2D eigenvalue weighted by Crippen LogP contribution is 2.68. The lowest BCUT2D eigenvalue weighted by molar-refractivity contribution is 0.407. The summed E-state index contributed by atoms with van der Waals surface area (Å²) in [6, 6.07) is 132. The van der Waals surface area contributed by atoms with Crippen LogP contribution in [0.1, 0.15) is 85.3 Å². The molecule has 0 saturated heterocycles. The molecule has 18 aromatic rings. The van der Waals surface area contributed by atoms with Crippen molar-refractivity contribution in [2.75, 3.05) is 0 Å². The van der Waals surface area contributed by atoms with Gasteiger partial charge in [-0.25, -0.2) is 0 Å². The number of rotatable bonds is 7. The maximum atomic E-state index is 2.65. The summed E-state index contributed by atoms with van der Waals surface area (Å²) in [5.74, 6) is 0.877. The second kappa shape index (κ2) is 24.0. The van der Waals surface area contributed by atoms with Crippen LogP contribution in [-0.2, 0) is 17.3 Å². The molecule has 3 aromatic heterocycles. The van der Waals surface area contributed by atoms with Gasteiger partial charge in [0.25, 0.3) is 0 Å². The van der Waals surface area contributed by atoms with Crippen molar-refractivity contribution in [3.05, 3.63) is 471 Å². The average Bonchev–Trinajstić information content (AvgIpc) is 1.51. The summed E-state index contributed by atoms with van der Waals surface area (Å²) in [6.45, 7) is 2.52. The summed E-state index contributed by atoms with van der Waals surface area (Å²) >= 11 is 0. The minimum atomic E-state index is -0.449. The van der Waals surface area contributed by atoms with Crippen molar-refractivity contribution in [3.63, 3.8) is 0 Å². The van der Waals surface area contributed by atoms with Gasteiger partial charge in [0.15, 0.2) is 0 Å². The molecule has 3 heterocycles. The van der Waals surface area contributed by atoms with Crippen LogP contribution in [0.15, 0.2) is 388 Å². The van der Waals surface area contributed by atoms with E-state index in [1.54, 1.807) is 0 Å². The van der Waals surface area contributed by atoms with Crippen LogP contribution >= 0.6 is 0 Å². The maximum absolute atomic E-state index is 2.65. The second-order valence-electron chi connectivity index (χ2n) is 33.5. The molecular weight excluding hydrogens is 1400 g/mol. The molecule has 3 nitrogen and oxygen atoms in total. The summed E-state index contributed by atoms with van der Waals surface area (Å²) in [7, 11) is 0. The lowest BCUT2D eigenvalue weighted by atomic mass is 9.62. The van der Waals surface area contributed by atoms with Crippen molar-refractivity contribution in [1.29, 1.82) is 0 Å². The van der Waals surface area contributed by atoms with Gasteiger partial charge in [-0.1, -0.05) is 316 Å². The van der Waals surface area contributed by atoms with E-state index in [1.165, 1.54) is 204 Å². The van der Waals surface area contributed by atoms with Crippen LogP contribution in [0.4, 0.5) is 0 Å². The van der Waals surface area contributed by atoms with Gasteiger partial charge in [0.1, 0.15) is 0 Å². The fourth-order valence-electron chi connectivity index (χ4n) is 23.8. The zero-order valence-corrected chi connectivity index (χ0v) is 64.0. The van der Waals surface area contributed by atoms with Crippen LogP contribution < -0.4 is 10.4 Å². The molecule has 0 saturated carbocycles. The molecule has 0 amide bonds. The molecule has 2 spiro atoms. The molecule has 0 fully saturated rings. The van der Waals surface area contributed by atoms with E-state index < -0.39 is 5.41 Å². The monoisotopic (exact) mass is 1470 g/mol. The zero-order valence-electron chi connectivity index (χ0n) is 64.0. The van der Waals surface area contributed by atoms with Gasteiger partial charge in [0.05, 0.1) is 38.4 Å². The molecule has 542 valence electrons. The van der Waals surface area contributed by atoms with Crippen LogP contribution in [0.25, 0.3) is 139 Å². The van der Waals surface area contributed by atoms with Crippen LogP contribution in [0.2, 0.25) is 0 Å². The second-order valence-corrected chi connectivity index (χ2v) is 33.5. The lowest BCUT2D eigenvalue weighted by Crippen LogP contribution is -2.40. The van der Waals surface area contributed by atoms with E-state index in [9.17, 15) is 0 Å². The first-order valence-electron chi connectivity index (χ1n) is 41.4. The third-order valence-electron chi connectivity index (χ3n) is 28.3. The predicted molar refractivity (Wildman–Crippen MR) is 480 cm³/mol. The summed E-state index contributed by atoms with van der Waals surface area (Å²) in [5, 5.41) is 8.90. The van der Waals surface area contributed by atoms with Gasteiger partial charge in [0.2, 0.25) is 0 Å². The minimum absolute atomic E-state index is 0.133. The molecule has 3 heteroatoms. The molecular formula is C113H75N3. The molecule has 8 aliphatic rings. The molecule has 8 aliphatic carbocycles. The van der Waals surface area contributed by atoms with Crippen molar-refractivity contribution in [2.24, 2.45) is 23.7 Å². The molecule has 0 N–H and O–H groups in total. The molecule has 0 radical (unpaired) electrons. The quantitative estimate of drug-likeness (QED) is 0.151. The van der Waals surface area contributed by atoms with Gasteiger partial charge >= 0.3 is 0 Å². The molecule has 26 rings (SSSR count). The largest absolute Gasteiger partial charge is 0.313 e. The Hall–Kier alpha value is -14.1. The standard InChI is InChI=1S/C113H75N3/c1-68-102(62-57-90-82-32-14-22-44-100(82)113(111(68)90)98-42-20-12-29-79(98)80-30-13-21-43-99(80)113)116-104-46-24-16-34-85(104)92-64-72(52-61-108(92)116)74-51-60-107-94(66-74)93-65-73(50-59-106(93)114(107)75-53-47-70(48-54-75)110-88-37-7-5-35-86(88)109(69-25-3-2-4-26-69)87-36-6-8-38-89(87)110)71-49-58-105-91(63-71)84-33-15-23-45-103(84)115(105)76-55-56-83-81-31-11-19-41-97(81)112(101(83)67-76)95-39-17-9-27-77(95)78-28-10-18-40-96(78)112/h2-63,65-68,72,86,88,111H,64H2,1H3. The Kier molecular flexibility index (Phi) is 13.3. The molecule has 0 aliphatic heterocycles. The van der Waals surface area contributed by atoms with E-state index in [1.807, 2.05) is 0 Å². The molecule has 5 atom stereocenters. The first-order valence-corrected chi connectivity index (χ1v) is 41.4. The van der Waals surface area contributed by atoms with Crippen molar-refractivity contribution in [3.8, 4) is 55.9 Å². The van der Waals surface area contributed by atoms with Crippen LogP contribution in [0.5, 0.6) is 0 Å². The van der Waals surface area contributed by atoms with E-state index in [0.29, 0.717) is 0 Å². The number of allylic oxidation sites excluding steroid dienone is 9. The van der Waals surface area contributed by atoms with Crippen LogP contribution in [-0.4, -0.2) is 13.7 Å². The van der Waals surface area contributed by atoms with Crippen molar-refractivity contribution in [1.82, 2.24) is 13.7 Å². The highest BCUT2D eigenvalue weighted by molar-refractivity contribution is 6.14. The Balaban J connectivity index is 0.616. The van der Waals surface area contributed by atoms with Gasteiger partial charge in [-0.05, 0) is 230 Å². The summed E-state index contributed by atoms with van der Waals surface area (Å²) in [6.07, 6.45) is 20.2. The Bertz CT molecular complexity index is 7610. The van der Waals surface area contributed by atoms with Gasteiger partial charge in [0, 0.05) is 79.3 Å². The average molecular weight is 1470 g/mol. The molecule has 0 bridgehead atoms. The highest BCUT2D eigenvalue weighted by Gasteiger charge is 2.59. The Morgan fingerprint density at radius 1 is 0.310 bits per heavy atom. The minimum Gasteiger partial charge on any atom is -0.313 e. The summed E-state index contributed by atoms with van der Waals surface area (Å²) in [4.78, 5) is 0. The van der Waals surface area contributed by atoms with E-state index in [0.717, 1.165) is 17.8 Å². The van der Waals surface area contributed by atoms with Crippen molar-refractivity contribution in [2.45, 2.75) is 30.1 Å². The lowest BCUT2D eigenvalue weighted by Gasteiger charge is -2.41. The van der Waals surface area contributed by atoms with Crippen LogP contribution in [0.3, 0.4) is 0 Å². The van der Waals surface area contributed by atoms with Gasteiger partial charge in [-0.15, -0.1) is 0 Å². The Labute approximate surface area is 673 Å². The molecule has 15 aromatic carbocycles. The first-order chi connectivity index (χ1) is 57.5. The van der Waals surface area contributed by atoms with E-state index in [-0.39, 0.29) is 35.0 Å². The fourth-order valence-corrected chi connectivity index (χ4v) is 23.8. The number of aromatic nitrogens is 3. The number of nitrogens with zero attached hydrogens (tertiary/aromatic N) is 3. The van der Waals surface area contributed by atoms with E-state index >= 15 is 0 Å². The van der Waals surface area contributed by atoms with E-state index in [4.69, 9.17) is 0 Å². The van der Waals surface area contributed by atoms with Crippen molar-refractivity contribution >= 4 is 83.0 Å². The smallest absolute Gasteiger partial charge is 0.0726 e. The number of para-hydroxylation sites is 2. The third-order valence-corrected chi connectivity index (χ3v) is 28.3. The highest BCUT2D eigenvalue weighted by atomic mass is 15.0. The van der Waals surface area contributed by atoms with Crippen LogP contribution in [0, 0.1) is 23.7 Å². The SMILES string of the molecule is CC1C(n2c3c(c4ccccc42)CC(c2ccc4c(c2)c2cc(-c5ccc6c(c5)c5ccccc5n6-c5ccc6c(c5)C5(c7ccccc7-c7ccccc75)c5ccccc5-6)ccc2n4-c2ccc(C4=c5ccccc5=C(c5ccccc5)C5C=CC=CC45)cc2)C=C3)=CC=C2c3ccccc3C3(c4ccccc4-c4ccccc43)C21. The zero-order chi connectivity index (χ0) is 75.8. The summed E-state index contributed by atoms with van der Waals surface area (Å²) < 4.78 is 7.71. The number of hydrogen-bond donors (Lipinski definition) is 0. The van der Waals surface area contributed by atoms with Gasteiger partial charge in [-0.2, -0.15) is 0 Å². The number of hydrogen-bond acceptors (Lipinski definition) is 0. The van der Waals surface area contributed by atoms with E-state index in [2.05, 4.69) is 415 Å². The van der Waals surface area contributed by atoms with Crippen molar-refractivity contribution < 1.29 is 0 Å². The molecule has 116 heavy (non-hydrogen) atoms. The summed E-state index contributed by atoms with van der Waals surface area (Å²) in [5.41, 5.74) is 41.0. The number of fused-ring (bicyclic) bond motifs is 31. The number of benzene rings is 15. The predicted octanol–water partition coefficient (Wildman–Crippen LogP) is 25.5. The Morgan fingerprint density at radius 3 is 1.36 bits per heavy atom.